The molecule has 1 aromatic heterocycles. The van der Waals surface area contributed by atoms with Gasteiger partial charge in [0, 0.05) is 12.6 Å². The first kappa shape index (κ1) is 14.5. The third-order valence-electron chi connectivity index (χ3n) is 4.72. The maximum atomic E-state index is 5.94. The Hall–Kier alpha value is -1.39. The standard InChI is InChI=1S/C17H26N4/c1-13(12-18)21-16-9-5-4-8-15(16)19-17(21)14(2)20-10-6-3-7-11-20/h4-5,8-9,13-14H,3,6-7,10-12,18H2,1-2H3. The van der Waals surface area contributed by atoms with Crippen LogP contribution < -0.4 is 5.73 Å². The second-order valence-electron chi connectivity index (χ2n) is 6.19. The molecule has 0 spiro atoms. The third-order valence-corrected chi connectivity index (χ3v) is 4.72. The van der Waals surface area contributed by atoms with Crippen LogP contribution in [-0.4, -0.2) is 34.1 Å². The SMILES string of the molecule is CC(c1nc2ccccc2n1C(C)CN)N1CCCCC1. The Balaban J connectivity index is 2.03. The fourth-order valence-corrected chi connectivity index (χ4v) is 3.40. The zero-order chi connectivity index (χ0) is 14.8. The van der Waals surface area contributed by atoms with E-state index in [1.54, 1.807) is 0 Å². The molecule has 3 rings (SSSR count). The summed E-state index contributed by atoms with van der Waals surface area (Å²) in [4.78, 5) is 7.48. The minimum absolute atomic E-state index is 0.277. The van der Waals surface area contributed by atoms with Crippen LogP contribution in [0.2, 0.25) is 0 Å². The van der Waals surface area contributed by atoms with Crippen molar-refractivity contribution >= 4 is 11.0 Å². The molecule has 0 aliphatic carbocycles. The summed E-state index contributed by atoms with van der Waals surface area (Å²) in [7, 11) is 0. The molecule has 1 aliphatic heterocycles. The lowest BCUT2D eigenvalue weighted by molar-refractivity contribution is 0.165. The van der Waals surface area contributed by atoms with Gasteiger partial charge in [0.1, 0.15) is 5.82 Å². The van der Waals surface area contributed by atoms with Crippen molar-refractivity contribution in [2.24, 2.45) is 5.73 Å². The van der Waals surface area contributed by atoms with Gasteiger partial charge < -0.3 is 10.3 Å². The molecule has 0 radical (unpaired) electrons. The van der Waals surface area contributed by atoms with Crippen LogP contribution >= 0.6 is 0 Å². The van der Waals surface area contributed by atoms with Crippen LogP contribution in [0.3, 0.4) is 0 Å². The van der Waals surface area contributed by atoms with E-state index in [9.17, 15) is 0 Å². The largest absolute Gasteiger partial charge is 0.328 e. The first-order chi connectivity index (χ1) is 10.2. The Morgan fingerprint density at radius 3 is 2.57 bits per heavy atom. The lowest BCUT2D eigenvalue weighted by Gasteiger charge is -2.33. The molecule has 1 fully saturated rings. The molecule has 114 valence electrons. The van der Waals surface area contributed by atoms with Crippen LogP contribution in [0.4, 0.5) is 0 Å². The minimum Gasteiger partial charge on any atom is -0.328 e. The number of likely N-dealkylation sites (tertiary alicyclic amines) is 1. The van der Waals surface area contributed by atoms with Gasteiger partial charge in [-0.3, -0.25) is 4.90 Å². The van der Waals surface area contributed by atoms with Gasteiger partial charge in [0.15, 0.2) is 0 Å². The minimum atomic E-state index is 0.277. The Bertz CT molecular complexity index is 598. The second-order valence-corrected chi connectivity index (χ2v) is 6.19. The van der Waals surface area contributed by atoms with E-state index in [-0.39, 0.29) is 6.04 Å². The van der Waals surface area contributed by atoms with Crippen LogP contribution in [0.5, 0.6) is 0 Å². The van der Waals surface area contributed by atoms with Gasteiger partial charge in [0.25, 0.3) is 0 Å². The van der Waals surface area contributed by atoms with E-state index in [0.717, 1.165) is 11.3 Å². The van der Waals surface area contributed by atoms with Crippen molar-refractivity contribution in [3.8, 4) is 0 Å². The Labute approximate surface area is 126 Å². The zero-order valence-electron chi connectivity index (χ0n) is 13.1. The van der Waals surface area contributed by atoms with Gasteiger partial charge in [0.2, 0.25) is 0 Å². The number of hydrogen-bond acceptors (Lipinski definition) is 3. The molecule has 2 atom stereocenters. The predicted molar refractivity (Wildman–Crippen MR) is 87.3 cm³/mol. The average molecular weight is 286 g/mol. The molecular formula is C17H26N4. The Morgan fingerprint density at radius 2 is 1.86 bits per heavy atom. The smallest absolute Gasteiger partial charge is 0.127 e. The van der Waals surface area contributed by atoms with Gasteiger partial charge in [-0.05, 0) is 51.9 Å². The van der Waals surface area contributed by atoms with Crippen molar-refractivity contribution in [3.63, 3.8) is 0 Å². The van der Waals surface area contributed by atoms with Crippen molar-refractivity contribution in [1.29, 1.82) is 0 Å². The first-order valence-corrected chi connectivity index (χ1v) is 8.13. The van der Waals surface area contributed by atoms with Gasteiger partial charge in [0.05, 0.1) is 17.1 Å². The summed E-state index contributed by atoms with van der Waals surface area (Å²) < 4.78 is 2.34. The molecule has 2 heterocycles. The summed E-state index contributed by atoms with van der Waals surface area (Å²) in [6.45, 7) is 7.47. The van der Waals surface area contributed by atoms with E-state index in [0.29, 0.717) is 12.6 Å². The van der Waals surface area contributed by atoms with Gasteiger partial charge in [-0.1, -0.05) is 18.6 Å². The number of nitrogens with two attached hydrogens (primary N) is 1. The van der Waals surface area contributed by atoms with Gasteiger partial charge in [-0.25, -0.2) is 4.98 Å². The fraction of sp³-hybridized carbons (Fsp3) is 0.588. The highest BCUT2D eigenvalue weighted by Gasteiger charge is 2.25. The molecule has 2 unspecified atom stereocenters. The molecule has 1 saturated heterocycles. The molecule has 1 aromatic carbocycles. The number of nitrogens with zero attached hydrogens (tertiary/aromatic N) is 3. The van der Waals surface area contributed by atoms with Crippen LogP contribution in [0, 0.1) is 0 Å². The lowest BCUT2D eigenvalue weighted by Crippen LogP contribution is -2.34. The van der Waals surface area contributed by atoms with Crippen LogP contribution in [0.25, 0.3) is 11.0 Å². The average Bonchev–Trinajstić information content (AvgIpc) is 2.93. The van der Waals surface area contributed by atoms with E-state index in [4.69, 9.17) is 10.7 Å². The molecule has 0 bridgehead atoms. The molecule has 2 N–H and O–H groups in total. The normalized spacial score (nSPS) is 19.8. The highest BCUT2D eigenvalue weighted by atomic mass is 15.2. The number of imidazole rings is 1. The molecule has 0 amide bonds. The van der Waals surface area contributed by atoms with E-state index in [1.807, 2.05) is 0 Å². The topological polar surface area (TPSA) is 47.1 Å². The van der Waals surface area contributed by atoms with Crippen molar-refractivity contribution < 1.29 is 0 Å². The summed E-state index contributed by atoms with van der Waals surface area (Å²) in [6.07, 6.45) is 3.97. The molecule has 4 heteroatoms. The van der Waals surface area contributed by atoms with Crippen LogP contribution in [-0.2, 0) is 0 Å². The number of benzene rings is 1. The summed E-state index contributed by atoms with van der Waals surface area (Å²) in [5.41, 5.74) is 8.22. The molecule has 21 heavy (non-hydrogen) atoms. The van der Waals surface area contributed by atoms with E-state index >= 15 is 0 Å². The summed E-state index contributed by atoms with van der Waals surface area (Å²) in [5.74, 6) is 1.16. The number of aromatic nitrogens is 2. The highest BCUT2D eigenvalue weighted by Crippen LogP contribution is 2.29. The van der Waals surface area contributed by atoms with Crippen molar-refractivity contribution in [2.75, 3.05) is 19.6 Å². The quantitative estimate of drug-likeness (QED) is 0.939. The van der Waals surface area contributed by atoms with E-state index < -0.39 is 0 Å². The predicted octanol–water partition coefficient (Wildman–Crippen LogP) is 3.10. The van der Waals surface area contributed by atoms with Crippen LogP contribution in [0.15, 0.2) is 24.3 Å². The number of para-hydroxylation sites is 2. The summed E-state index contributed by atoms with van der Waals surface area (Å²) >= 11 is 0. The third kappa shape index (κ3) is 2.70. The van der Waals surface area contributed by atoms with Gasteiger partial charge >= 0.3 is 0 Å². The van der Waals surface area contributed by atoms with Crippen molar-refractivity contribution in [1.82, 2.24) is 14.5 Å². The maximum Gasteiger partial charge on any atom is 0.127 e. The molecule has 1 aliphatic rings. The maximum absolute atomic E-state index is 5.94. The zero-order valence-corrected chi connectivity index (χ0v) is 13.1. The highest BCUT2D eigenvalue weighted by molar-refractivity contribution is 5.76. The van der Waals surface area contributed by atoms with E-state index in [1.165, 1.54) is 37.9 Å². The Kier molecular flexibility index (Phi) is 4.27. The summed E-state index contributed by atoms with van der Waals surface area (Å²) in [5, 5.41) is 0. The first-order valence-electron chi connectivity index (χ1n) is 8.13. The van der Waals surface area contributed by atoms with Crippen molar-refractivity contribution in [3.05, 3.63) is 30.1 Å². The molecule has 4 nitrogen and oxygen atoms in total. The second kappa shape index (κ2) is 6.16. The monoisotopic (exact) mass is 286 g/mol. The molecular weight excluding hydrogens is 260 g/mol. The number of fused-ring (bicyclic) bond motifs is 1. The molecule has 0 saturated carbocycles. The van der Waals surface area contributed by atoms with Crippen molar-refractivity contribution in [2.45, 2.75) is 45.2 Å². The van der Waals surface area contributed by atoms with Gasteiger partial charge in [-0.2, -0.15) is 0 Å². The van der Waals surface area contributed by atoms with Crippen LogP contribution in [0.1, 0.15) is 51.0 Å². The molecule has 2 aromatic rings. The number of piperidine rings is 1. The van der Waals surface area contributed by atoms with E-state index in [2.05, 4.69) is 47.6 Å². The fourth-order valence-electron chi connectivity index (χ4n) is 3.40. The van der Waals surface area contributed by atoms with Gasteiger partial charge in [-0.15, -0.1) is 0 Å². The number of hydrogen-bond donors (Lipinski definition) is 1. The lowest BCUT2D eigenvalue weighted by atomic mass is 10.1. The Morgan fingerprint density at radius 1 is 1.14 bits per heavy atom. The number of rotatable bonds is 4. The summed E-state index contributed by atoms with van der Waals surface area (Å²) in [6, 6.07) is 9.02.